The van der Waals surface area contributed by atoms with Crippen LogP contribution in [0, 0.1) is 13.8 Å². The van der Waals surface area contributed by atoms with E-state index >= 15 is 0 Å². The molecule has 3 N–H and O–H groups in total. The van der Waals surface area contributed by atoms with Gasteiger partial charge in [0.25, 0.3) is 5.56 Å². The first kappa shape index (κ1) is 21.5. The van der Waals surface area contributed by atoms with Crippen LogP contribution in [0.3, 0.4) is 0 Å². The molecule has 0 bridgehead atoms. The molecule has 0 fully saturated rings. The predicted molar refractivity (Wildman–Crippen MR) is 121 cm³/mol. The van der Waals surface area contributed by atoms with E-state index in [9.17, 15) is 29.4 Å². The highest BCUT2D eigenvalue weighted by Gasteiger charge is 2.16. The molecule has 10 heteroatoms. The van der Waals surface area contributed by atoms with Crippen LogP contribution in [0.1, 0.15) is 37.7 Å². The summed E-state index contributed by atoms with van der Waals surface area (Å²) in [6.07, 6.45) is 1.35. The van der Waals surface area contributed by atoms with Gasteiger partial charge in [-0.1, -0.05) is 12.1 Å². The molecule has 0 saturated heterocycles. The average molecular weight is 446 g/mol. The van der Waals surface area contributed by atoms with Gasteiger partial charge in [-0.25, -0.2) is 14.4 Å². The van der Waals surface area contributed by atoms with Crippen LogP contribution in [0.4, 0.5) is 0 Å². The highest BCUT2D eigenvalue weighted by molar-refractivity contribution is 5.95. The molecule has 0 aliphatic rings. The summed E-state index contributed by atoms with van der Waals surface area (Å²) in [4.78, 5) is 50.5. The fourth-order valence-corrected chi connectivity index (χ4v) is 3.68. The van der Waals surface area contributed by atoms with Crippen LogP contribution in [0.15, 0.2) is 63.2 Å². The maximum atomic E-state index is 12.7. The molecule has 166 valence electrons. The number of fused-ring (bicyclic) bond motifs is 1. The lowest BCUT2D eigenvalue weighted by molar-refractivity contribution is 0.0696. The molecule has 0 saturated carbocycles. The number of carbonyl (C=O) groups is 2. The number of nitrogens with zero attached hydrogens (tertiary/aromatic N) is 3. The van der Waals surface area contributed by atoms with E-state index in [4.69, 9.17) is 0 Å². The van der Waals surface area contributed by atoms with Gasteiger partial charge in [0.1, 0.15) is 0 Å². The number of aromatic carboxylic acids is 2. The van der Waals surface area contributed by atoms with Crippen molar-refractivity contribution in [3.63, 3.8) is 0 Å². The zero-order valence-corrected chi connectivity index (χ0v) is 17.6. The SMILES string of the molecule is Cc1cc(C=Nn2c(=O)[nH]c3ccccc3c2=O)c(C)n1-c1cc(C(=O)O)cc(C(=O)O)c1. The molecule has 0 unspecified atom stereocenters. The van der Waals surface area contributed by atoms with Crippen molar-refractivity contribution >= 4 is 29.1 Å². The van der Waals surface area contributed by atoms with Crippen LogP contribution in [0.5, 0.6) is 0 Å². The van der Waals surface area contributed by atoms with Crippen LogP contribution in [-0.4, -0.2) is 42.6 Å². The molecule has 0 aliphatic carbocycles. The number of carboxylic acid groups (broad SMARTS) is 2. The van der Waals surface area contributed by atoms with E-state index in [0.29, 0.717) is 33.5 Å². The zero-order chi connectivity index (χ0) is 23.9. The molecule has 33 heavy (non-hydrogen) atoms. The number of nitrogens with one attached hydrogen (secondary N) is 1. The summed E-state index contributed by atoms with van der Waals surface area (Å²) in [5, 5.41) is 23.1. The number of aromatic nitrogens is 3. The minimum Gasteiger partial charge on any atom is -0.478 e. The van der Waals surface area contributed by atoms with Gasteiger partial charge in [-0.2, -0.15) is 5.10 Å². The van der Waals surface area contributed by atoms with Crippen LogP contribution in [-0.2, 0) is 0 Å². The predicted octanol–water partition coefficient (Wildman–Crippen LogP) is 2.38. The van der Waals surface area contributed by atoms with Crippen molar-refractivity contribution in [2.24, 2.45) is 5.10 Å². The van der Waals surface area contributed by atoms with E-state index in [-0.39, 0.29) is 11.1 Å². The van der Waals surface area contributed by atoms with Gasteiger partial charge in [-0.15, -0.1) is 4.68 Å². The summed E-state index contributed by atoms with van der Waals surface area (Å²) < 4.78 is 2.40. The van der Waals surface area contributed by atoms with E-state index < -0.39 is 23.2 Å². The van der Waals surface area contributed by atoms with Gasteiger partial charge < -0.3 is 19.8 Å². The molecule has 0 atom stereocenters. The molecule has 0 radical (unpaired) electrons. The number of carboxylic acids is 2. The van der Waals surface area contributed by atoms with E-state index in [1.54, 1.807) is 48.7 Å². The molecule has 10 nitrogen and oxygen atoms in total. The van der Waals surface area contributed by atoms with E-state index in [1.807, 2.05) is 0 Å². The average Bonchev–Trinajstić information content (AvgIpc) is 3.06. The van der Waals surface area contributed by atoms with Gasteiger partial charge >= 0.3 is 17.6 Å². The number of benzene rings is 2. The van der Waals surface area contributed by atoms with Crippen molar-refractivity contribution in [3.8, 4) is 5.69 Å². The first-order valence-electron chi connectivity index (χ1n) is 9.77. The Hall–Kier alpha value is -4.73. The third-order valence-electron chi connectivity index (χ3n) is 5.24. The van der Waals surface area contributed by atoms with E-state index in [2.05, 4.69) is 10.1 Å². The third kappa shape index (κ3) is 3.85. The van der Waals surface area contributed by atoms with Gasteiger partial charge in [-0.05, 0) is 50.2 Å². The molecular formula is C23H18N4O6. The number of rotatable bonds is 5. The standard InChI is InChI=1S/C23H18N4O6/c1-12-7-16(11-24-27-20(28)18-5-3-4-6-19(18)25-23(27)33)13(2)26(12)17-9-14(21(29)30)8-15(10-17)22(31)32/h3-11H,1-2H3,(H,25,33)(H,29,30)(H,31,32). The lowest BCUT2D eigenvalue weighted by Crippen LogP contribution is -2.32. The smallest absolute Gasteiger partial charge is 0.349 e. The molecule has 4 aromatic rings. The minimum atomic E-state index is -1.25. The number of aryl methyl sites for hydroxylation is 1. The highest BCUT2D eigenvalue weighted by Crippen LogP contribution is 2.22. The Morgan fingerprint density at radius 3 is 2.24 bits per heavy atom. The number of para-hydroxylation sites is 1. The minimum absolute atomic E-state index is 0.165. The number of H-pyrrole nitrogens is 1. The van der Waals surface area contributed by atoms with Gasteiger partial charge in [-0.3, -0.25) is 4.79 Å². The van der Waals surface area contributed by atoms with Crippen LogP contribution >= 0.6 is 0 Å². The summed E-state index contributed by atoms with van der Waals surface area (Å²) in [6, 6.07) is 12.1. The Labute approximate surface area is 185 Å². The zero-order valence-electron chi connectivity index (χ0n) is 17.6. The molecule has 0 aliphatic heterocycles. The topological polar surface area (TPSA) is 147 Å². The van der Waals surface area contributed by atoms with Crippen molar-refractivity contribution < 1.29 is 19.8 Å². The second-order valence-corrected chi connectivity index (χ2v) is 7.38. The number of hydrogen-bond donors (Lipinski definition) is 3. The first-order valence-corrected chi connectivity index (χ1v) is 9.77. The quantitative estimate of drug-likeness (QED) is 0.401. The normalized spacial score (nSPS) is 11.3. The van der Waals surface area contributed by atoms with E-state index in [0.717, 1.165) is 10.7 Å². The van der Waals surface area contributed by atoms with Gasteiger partial charge in [0, 0.05) is 22.6 Å². The van der Waals surface area contributed by atoms with Crippen LogP contribution in [0.25, 0.3) is 16.6 Å². The Morgan fingerprint density at radius 2 is 1.61 bits per heavy atom. The lowest BCUT2D eigenvalue weighted by atomic mass is 10.1. The summed E-state index contributed by atoms with van der Waals surface area (Å²) in [7, 11) is 0. The monoisotopic (exact) mass is 446 g/mol. The van der Waals surface area contributed by atoms with Crippen molar-refractivity contribution in [2.75, 3.05) is 0 Å². The summed E-state index contributed by atoms with van der Waals surface area (Å²) in [6.45, 7) is 3.49. The van der Waals surface area contributed by atoms with Crippen molar-refractivity contribution in [3.05, 3.63) is 97.4 Å². The van der Waals surface area contributed by atoms with Crippen LogP contribution < -0.4 is 11.2 Å². The summed E-state index contributed by atoms with van der Waals surface area (Å²) in [5.41, 5.74) is 1.01. The maximum absolute atomic E-state index is 12.7. The van der Waals surface area contributed by atoms with Gasteiger partial charge in [0.05, 0.1) is 28.2 Å². The molecule has 0 amide bonds. The Balaban J connectivity index is 1.82. The van der Waals surface area contributed by atoms with Crippen molar-refractivity contribution in [1.82, 2.24) is 14.2 Å². The summed E-state index contributed by atoms with van der Waals surface area (Å²) in [5.74, 6) is -2.50. The highest BCUT2D eigenvalue weighted by atomic mass is 16.4. The van der Waals surface area contributed by atoms with Crippen LogP contribution in [0.2, 0.25) is 0 Å². The molecule has 2 heterocycles. The Bertz CT molecular complexity index is 1560. The third-order valence-corrected chi connectivity index (χ3v) is 5.24. The molecule has 2 aromatic carbocycles. The molecule has 0 spiro atoms. The lowest BCUT2D eigenvalue weighted by Gasteiger charge is -2.12. The largest absolute Gasteiger partial charge is 0.478 e. The Morgan fingerprint density at radius 1 is 0.970 bits per heavy atom. The second kappa shape index (κ2) is 8.08. The number of aromatic amines is 1. The van der Waals surface area contributed by atoms with Gasteiger partial charge in [0.15, 0.2) is 0 Å². The fourth-order valence-electron chi connectivity index (χ4n) is 3.68. The fraction of sp³-hybridized carbons (Fsp3) is 0.0870. The molecule has 4 rings (SSSR count). The van der Waals surface area contributed by atoms with Crippen molar-refractivity contribution in [2.45, 2.75) is 13.8 Å². The Kier molecular flexibility index (Phi) is 5.26. The molecule has 2 aromatic heterocycles. The van der Waals surface area contributed by atoms with E-state index in [1.165, 1.54) is 18.3 Å². The summed E-state index contributed by atoms with van der Waals surface area (Å²) >= 11 is 0. The first-order chi connectivity index (χ1) is 15.7. The maximum Gasteiger partial charge on any atom is 0.349 e. The van der Waals surface area contributed by atoms with Gasteiger partial charge in [0.2, 0.25) is 0 Å². The second-order valence-electron chi connectivity index (χ2n) is 7.38. The number of hydrogen-bond acceptors (Lipinski definition) is 5. The van der Waals surface area contributed by atoms with Crippen molar-refractivity contribution in [1.29, 1.82) is 0 Å². The molecular weight excluding hydrogens is 428 g/mol.